The maximum Gasteiger partial charge on any atom is 0.264 e. The lowest BCUT2D eigenvalue weighted by molar-refractivity contribution is -0.140. The highest BCUT2D eigenvalue weighted by atomic mass is 35.5. The molecule has 214 valence electrons. The van der Waals surface area contributed by atoms with Gasteiger partial charge in [0, 0.05) is 13.1 Å². The molecule has 0 aliphatic carbocycles. The standard InChI is InChI=1S/C31H38ClN3O4S/c1-6-28(31(37)33-19-22(2)3)34(20-25-12-8-7-11-24(25)5)30(36)21-35(29-14-10-9-13-27(29)32)40(38,39)26-17-15-23(4)16-18-26/h7-18,22,28H,6,19-21H2,1-5H3,(H,33,37)/t28-/m1/s1. The summed E-state index contributed by atoms with van der Waals surface area (Å²) in [5.74, 6) is -0.549. The second-order valence-electron chi connectivity index (χ2n) is 10.3. The minimum absolute atomic E-state index is 0.0398. The third kappa shape index (κ3) is 7.64. The van der Waals surface area contributed by atoms with Crippen LogP contribution < -0.4 is 9.62 Å². The SMILES string of the molecule is CC[C@H](C(=O)NCC(C)C)N(Cc1ccccc1C)C(=O)CN(c1ccccc1Cl)S(=O)(=O)c1ccc(C)cc1. The molecule has 1 N–H and O–H groups in total. The van der Waals surface area contributed by atoms with Crippen LogP contribution in [0, 0.1) is 19.8 Å². The van der Waals surface area contributed by atoms with Gasteiger partial charge in [-0.15, -0.1) is 0 Å². The first kappa shape index (κ1) is 31.2. The van der Waals surface area contributed by atoms with Gasteiger partial charge in [0.2, 0.25) is 11.8 Å². The largest absolute Gasteiger partial charge is 0.354 e. The summed E-state index contributed by atoms with van der Waals surface area (Å²) in [6, 6.07) is 19.8. The van der Waals surface area contributed by atoms with Crippen LogP contribution in [0.25, 0.3) is 0 Å². The summed E-state index contributed by atoms with van der Waals surface area (Å²) in [5, 5.41) is 3.13. The Kier molecular flexibility index (Phi) is 10.8. The highest BCUT2D eigenvalue weighted by Crippen LogP contribution is 2.31. The Morgan fingerprint density at radius 1 is 0.925 bits per heavy atom. The Labute approximate surface area is 243 Å². The molecule has 0 unspecified atom stereocenters. The fraction of sp³-hybridized carbons (Fsp3) is 0.355. The van der Waals surface area contributed by atoms with Crippen LogP contribution >= 0.6 is 11.6 Å². The number of nitrogens with zero attached hydrogens (tertiary/aromatic N) is 2. The third-order valence-electron chi connectivity index (χ3n) is 6.68. The molecular weight excluding hydrogens is 546 g/mol. The Bertz CT molecular complexity index is 1420. The number of sulfonamides is 1. The van der Waals surface area contributed by atoms with E-state index in [4.69, 9.17) is 11.6 Å². The van der Waals surface area contributed by atoms with Crippen LogP contribution in [-0.4, -0.2) is 44.3 Å². The van der Waals surface area contributed by atoms with Crippen molar-refractivity contribution in [1.29, 1.82) is 0 Å². The Morgan fingerprint density at radius 3 is 2.15 bits per heavy atom. The molecule has 0 heterocycles. The highest BCUT2D eigenvalue weighted by Gasteiger charge is 2.34. The van der Waals surface area contributed by atoms with E-state index in [0.29, 0.717) is 13.0 Å². The van der Waals surface area contributed by atoms with Crippen molar-refractivity contribution in [2.24, 2.45) is 5.92 Å². The molecule has 3 rings (SSSR count). The molecule has 0 spiro atoms. The minimum atomic E-state index is -4.18. The maximum atomic E-state index is 14.1. The van der Waals surface area contributed by atoms with Crippen LogP contribution in [0.4, 0.5) is 5.69 Å². The van der Waals surface area contributed by atoms with E-state index in [-0.39, 0.29) is 34.0 Å². The molecule has 0 saturated heterocycles. The number of carbonyl (C=O) groups excluding carboxylic acids is 2. The Balaban J connectivity index is 2.07. The van der Waals surface area contributed by atoms with Crippen molar-refractivity contribution in [2.75, 3.05) is 17.4 Å². The molecule has 0 saturated carbocycles. The van der Waals surface area contributed by atoms with E-state index in [1.807, 2.05) is 58.9 Å². The summed E-state index contributed by atoms with van der Waals surface area (Å²) in [5.41, 5.74) is 2.93. The average molecular weight is 584 g/mol. The summed E-state index contributed by atoms with van der Waals surface area (Å²) < 4.78 is 28.9. The normalized spacial score (nSPS) is 12.2. The number of aryl methyl sites for hydroxylation is 2. The van der Waals surface area contributed by atoms with Gasteiger partial charge in [0.15, 0.2) is 0 Å². The van der Waals surface area contributed by atoms with Gasteiger partial charge in [0.1, 0.15) is 12.6 Å². The maximum absolute atomic E-state index is 14.1. The van der Waals surface area contributed by atoms with Gasteiger partial charge in [-0.25, -0.2) is 8.42 Å². The van der Waals surface area contributed by atoms with Crippen LogP contribution in [0.3, 0.4) is 0 Å². The molecule has 7 nitrogen and oxygen atoms in total. The molecule has 1 atom stereocenters. The van der Waals surface area contributed by atoms with Gasteiger partial charge >= 0.3 is 0 Å². The molecule has 0 fully saturated rings. The van der Waals surface area contributed by atoms with E-state index >= 15 is 0 Å². The first-order chi connectivity index (χ1) is 18.9. The van der Waals surface area contributed by atoms with Gasteiger partial charge in [0.05, 0.1) is 15.6 Å². The van der Waals surface area contributed by atoms with Crippen molar-refractivity contribution in [1.82, 2.24) is 10.2 Å². The van der Waals surface area contributed by atoms with E-state index in [2.05, 4.69) is 5.32 Å². The zero-order valence-corrected chi connectivity index (χ0v) is 25.3. The van der Waals surface area contributed by atoms with Crippen LogP contribution in [0.15, 0.2) is 77.7 Å². The molecule has 9 heteroatoms. The van der Waals surface area contributed by atoms with Crippen molar-refractivity contribution < 1.29 is 18.0 Å². The second kappa shape index (κ2) is 13.8. The van der Waals surface area contributed by atoms with Crippen molar-refractivity contribution >= 4 is 39.1 Å². The second-order valence-corrected chi connectivity index (χ2v) is 12.6. The molecule has 3 aromatic carbocycles. The Hall–Kier alpha value is -3.36. The number of amides is 2. The van der Waals surface area contributed by atoms with Gasteiger partial charge in [-0.3, -0.25) is 13.9 Å². The summed E-state index contributed by atoms with van der Waals surface area (Å²) in [6.45, 7) is 9.73. The summed E-state index contributed by atoms with van der Waals surface area (Å²) in [6.07, 6.45) is 0.359. The predicted octanol–water partition coefficient (Wildman–Crippen LogP) is 5.73. The van der Waals surface area contributed by atoms with Crippen molar-refractivity contribution in [2.45, 2.75) is 58.5 Å². The van der Waals surface area contributed by atoms with E-state index in [1.54, 1.807) is 36.4 Å². The molecule has 0 aliphatic rings. The zero-order chi connectivity index (χ0) is 29.4. The minimum Gasteiger partial charge on any atom is -0.354 e. The quantitative estimate of drug-likeness (QED) is 0.295. The van der Waals surface area contributed by atoms with Crippen LogP contribution in [0.5, 0.6) is 0 Å². The lowest BCUT2D eigenvalue weighted by atomic mass is 10.1. The number of anilines is 1. The average Bonchev–Trinajstić information content (AvgIpc) is 2.92. The number of halogens is 1. The number of benzene rings is 3. The molecular formula is C31H38ClN3O4S. The first-order valence-corrected chi connectivity index (χ1v) is 15.2. The molecule has 40 heavy (non-hydrogen) atoms. The molecule has 0 bridgehead atoms. The lowest BCUT2D eigenvalue weighted by Crippen LogP contribution is -2.52. The lowest BCUT2D eigenvalue weighted by Gasteiger charge is -2.33. The van der Waals surface area contributed by atoms with E-state index in [1.165, 1.54) is 17.0 Å². The molecule has 0 aromatic heterocycles. The smallest absolute Gasteiger partial charge is 0.264 e. The predicted molar refractivity (Wildman–Crippen MR) is 161 cm³/mol. The number of rotatable bonds is 12. The first-order valence-electron chi connectivity index (χ1n) is 13.4. The zero-order valence-electron chi connectivity index (χ0n) is 23.7. The number of hydrogen-bond acceptors (Lipinski definition) is 4. The van der Waals surface area contributed by atoms with Gasteiger partial charge in [-0.1, -0.05) is 86.5 Å². The topological polar surface area (TPSA) is 86.8 Å². The molecule has 3 aromatic rings. The van der Waals surface area contributed by atoms with Crippen LogP contribution in [0.2, 0.25) is 5.02 Å². The van der Waals surface area contributed by atoms with Crippen LogP contribution in [-0.2, 0) is 26.2 Å². The summed E-state index contributed by atoms with van der Waals surface area (Å²) in [7, 11) is -4.18. The van der Waals surface area contributed by atoms with Gasteiger partial charge in [-0.05, 0) is 61.6 Å². The van der Waals surface area contributed by atoms with Crippen molar-refractivity contribution in [3.05, 3.63) is 94.5 Å². The number of hydrogen-bond donors (Lipinski definition) is 1. The highest BCUT2D eigenvalue weighted by molar-refractivity contribution is 7.92. The molecule has 0 radical (unpaired) electrons. The summed E-state index contributed by atoms with van der Waals surface area (Å²) >= 11 is 6.47. The number of nitrogens with one attached hydrogen (secondary N) is 1. The van der Waals surface area contributed by atoms with Gasteiger partial charge < -0.3 is 10.2 Å². The molecule has 0 aliphatic heterocycles. The summed E-state index contributed by atoms with van der Waals surface area (Å²) in [4.78, 5) is 28.9. The third-order valence-corrected chi connectivity index (χ3v) is 8.77. The van der Waals surface area contributed by atoms with Gasteiger partial charge in [-0.2, -0.15) is 0 Å². The van der Waals surface area contributed by atoms with E-state index < -0.39 is 28.5 Å². The van der Waals surface area contributed by atoms with Crippen LogP contribution in [0.1, 0.15) is 43.9 Å². The number of para-hydroxylation sites is 1. The fourth-order valence-corrected chi connectivity index (χ4v) is 6.04. The van der Waals surface area contributed by atoms with E-state index in [0.717, 1.165) is 21.0 Å². The van der Waals surface area contributed by atoms with Crippen molar-refractivity contribution in [3.8, 4) is 0 Å². The Morgan fingerprint density at radius 2 is 1.55 bits per heavy atom. The molecule has 2 amide bonds. The number of carbonyl (C=O) groups is 2. The van der Waals surface area contributed by atoms with Crippen molar-refractivity contribution in [3.63, 3.8) is 0 Å². The monoisotopic (exact) mass is 583 g/mol. The van der Waals surface area contributed by atoms with E-state index in [9.17, 15) is 18.0 Å². The van der Waals surface area contributed by atoms with Gasteiger partial charge in [0.25, 0.3) is 10.0 Å². The fourth-order valence-electron chi connectivity index (χ4n) is 4.32.